The van der Waals surface area contributed by atoms with Crippen LogP contribution in [-0.4, -0.2) is 42.0 Å². The van der Waals surface area contributed by atoms with Crippen LogP contribution in [0.15, 0.2) is 36.5 Å². The quantitative estimate of drug-likeness (QED) is 0.840. The van der Waals surface area contributed by atoms with Crippen LogP contribution in [0.3, 0.4) is 0 Å². The van der Waals surface area contributed by atoms with E-state index in [4.69, 9.17) is 4.74 Å². The third-order valence-electron chi connectivity index (χ3n) is 4.69. The van der Waals surface area contributed by atoms with Gasteiger partial charge < -0.3 is 14.5 Å². The predicted octanol–water partition coefficient (Wildman–Crippen LogP) is 3.38. The predicted molar refractivity (Wildman–Crippen MR) is 92.9 cm³/mol. The van der Waals surface area contributed by atoms with Crippen molar-refractivity contribution in [1.82, 2.24) is 9.88 Å². The molecule has 1 amide bonds. The summed E-state index contributed by atoms with van der Waals surface area (Å²) in [5.74, 6) is 0.760. The van der Waals surface area contributed by atoms with Crippen LogP contribution in [0.5, 0.6) is 5.75 Å². The number of piperidine rings is 1. The Morgan fingerprint density at radius 3 is 2.72 bits per heavy atom. The smallest absolute Gasteiger partial charge is 0.255 e. The number of anilines is 2. The Balaban J connectivity index is 1.64. The van der Waals surface area contributed by atoms with Crippen molar-refractivity contribution >= 4 is 17.4 Å². The van der Waals surface area contributed by atoms with Crippen molar-refractivity contribution in [2.45, 2.75) is 19.3 Å². The number of nitrogens with zero attached hydrogens (tertiary/aromatic N) is 3. The van der Waals surface area contributed by atoms with Gasteiger partial charge in [-0.2, -0.15) is 0 Å². The van der Waals surface area contributed by atoms with Crippen molar-refractivity contribution in [3.63, 3.8) is 0 Å². The van der Waals surface area contributed by atoms with E-state index in [0.717, 1.165) is 25.9 Å². The van der Waals surface area contributed by atoms with Gasteiger partial charge in [0.25, 0.3) is 5.91 Å². The Hall–Kier alpha value is -2.63. The molecular weight excluding hydrogens is 321 g/mol. The van der Waals surface area contributed by atoms with Crippen molar-refractivity contribution in [2.24, 2.45) is 0 Å². The van der Waals surface area contributed by atoms with Gasteiger partial charge in [0.15, 0.2) is 11.6 Å². The van der Waals surface area contributed by atoms with Crippen LogP contribution >= 0.6 is 0 Å². The average molecular weight is 341 g/mol. The summed E-state index contributed by atoms with van der Waals surface area (Å²) in [5, 5.41) is 0. The van der Waals surface area contributed by atoms with Gasteiger partial charge in [0, 0.05) is 19.3 Å². The topological polar surface area (TPSA) is 45.7 Å². The van der Waals surface area contributed by atoms with E-state index in [0.29, 0.717) is 36.0 Å². The number of benzene rings is 1. The van der Waals surface area contributed by atoms with Crippen LogP contribution in [0.2, 0.25) is 0 Å². The molecule has 5 nitrogen and oxygen atoms in total. The fraction of sp³-hybridized carbons (Fsp3) is 0.368. The van der Waals surface area contributed by atoms with Crippen molar-refractivity contribution in [1.29, 1.82) is 0 Å². The molecule has 0 aliphatic carbocycles. The molecule has 1 aromatic heterocycles. The molecule has 25 heavy (non-hydrogen) atoms. The highest BCUT2D eigenvalue weighted by atomic mass is 19.1. The van der Waals surface area contributed by atoms with Gasteiger partial charge >= 0.3 is 0 Å². The standard InChI is InChI=1S/C19H20FN3O2/c20-15-6-2-3-7-16(15)23-10-11-25-17-12-14(13-21-18(17)23)19(24)22-8-4-1-5-9-22/h2-3,6-7,12-13H,1,4-5,8-11H2. The van der Waals surface area contributed by atoms with Gasteiger partial charge in [-0.1, -0.05) is 12.1 Å². The molecule has 0 spiro atoms. The Labute approximate surface area is 146 Å². The highest BCUT2D eigenvalue weighted by Gasteiger charge is 2.26. The molecule has 0 bridgehead atoms. The summed E-state index contributed by atoms with van der Waals surface area (Å²) in [6, 6.07) is 8.33. The molecule has 0 atom stereocenters. The monoisotopic (exact) mass is 341 g/mol. The molecule has 6 heteroatoms. The van der Waals surface area contributed by atoms with E-state index >= 15 is 0 Å². The lowest BCUT2D eigenvalue weighted by Gasteiger charge is -2.31. The number of ether oxygens (including phenoxy) is 1. The van der Waals surface area contributed by atoms with Gasteiger partial charge in [0.05, 0.1) is 17.8 Å². The Morgan fingerprint density at radius 2 is 1.92 bits per heavy atom. The summed E-state index contributed by atoms with van der Waals surface area (Å²) in [7, 11) is 0. The number of pyridine rings is 1. The molecule has 1 saturated heterocycles. The number of carbonyl (C=O) groups excluding carboxylic acids is 1. The largest absolute Gasteiger partial charge is 0.488 e. The zero-order valence-electron chi connectivity index (χ0n) is 13.9. The zero-order valence-corrected chi connectivity index (χ0v) is 13.9. The fourth-order valence-corrected chi connectivity index (χ4v) is 3.40. The first-order valence-electron chi connectivity index (χ1n) is 8.68. The van der Waals surface area contributed by atoms with E-state index in [1.54, 1.807) is 35.4 Å². The SMILES string of the molecule is O=C(c1cnc2c(c1)OCCN2c1ccccc1F)N1CCCCC1. The molecule has 3 heterocycles. The summed E-state index contributed by atoms with van der Waals surface area (Å²) in [4.78, 5) is 20.7. The normalized spacial score (nSPS) is 17.0. The maximum Gasteiger partial charge on any atom is 0.255 e. The molecule has 1 fully saturated rings. The molecule has 2 aromatic rings. The summed E-state index contributed by atoms with van der Waals surface area (Å²) in [6.07, 6.45) is 4.83. The number of carbonyl (C=O) groups is 1. The molecule has 2 aliphatic heterocycles. The first-order chi connectivity index (χ1) is 12.2. The number of para-hydroxylation sites is 1. The second kappa shape index (κ2) is 6.70. The molecule has 2 aliphatic rings. The number of hydrogen-bond donors (Lipinski definition) is 0. The van der Waals surface area contributed by atoms with Crippen LogP contribution in [0.25, 0.3) is 0 Å². The van der Waals surface area contributed by atoms with E-state index in [2.05, 4.69) is 4.98 Å². The van der Waals surface area contributed by atoms with E-state index in [9.17, 15) is 9.18 Å². The fourth-order valence-electron chi connectivity index (χ4n) is 3.40. The maximum absolute atomic E-state index is 14.1. The lowest BCUT2D eigenvalue weighted by Crippen LogP contribution is -2.36. The number of fused-ring (bicyclic) bond motifs is 1. The van der Waals surface area contributed by atoms with Crippen LogP contribution in [0.4, 0.5) is 15.9 Å². The lowest BCUT2D eigenvalue weighted by atomic mass is 10.1. The number of aromatic nitrogens is 1. The Morgan fingerprint density at radius 1 is 1.12 bits per heavy atom. The van der Waals surface area contributed by atoms with Gasteiger partial charge in [-0.05, 0) is 37.5 Å². The zero-order chi connectivity index (χ0) is 17.2. The van der Waals surface area contributed by atoms with Crippen molar-refractivity contribution in [3.05, 3.63) is 47.9 Å². The number of rotatable bonds is 2. The van der Waals surface area contributed by atoms with E-state index in [1.807, 2.05) is 4.90 Å². The first-order valence-corrected chi connectivity index (χ1v) is 8.68. The minimum Gasteiger partial charge on any atom is -0.488 e. The third-order valence-corrected chi connectivity index (χ3v) is 4.69. The van der Waals surface area contributed by atoms with Crippen molar-refractivity contribution < 1.29 is 13.9 Å². The van der Waals surface area contributed by atoms with Gasteiger partial charge in [-0.3, -0.25) is 4.79 Å². The summed E-state index contributed by atoms with van der Waals surface area (Å²) in [6.45, 7) is 2.51. The Kier molecular flexibility index (Phi) is 4.26. The number of likely N-dealkylation sites (tertiary alicyclic amines) is 1. The average Bonchev–Trinajstić information content (AvgIpc) is 2.68. The highest BCUT2D eigenvalue weighted by molar-refractivity contribution is 5.95. The van der Waals surface area contributed by atoms with Crippen LogP contribution in [0, 0.1) is 5.82 Å². The Bertz CT molecular complexity index is 790. The maximum atomic E-state index is 14.1. The van der Waals surface area contributed by atoms with E-state index in [-0.39, 0.29) is 11.7 Å². The highest BCUT2D eigenvalue weighted by Crippen LogP contribution is 2.36. The molecule has 0 radical (unpaired) electrons. The van der Waals surface area contributed by atoms with Crippen LogP contribution in [0.1, 0.15) is 29.6 Å². The number of hydrogen-bond acceptors (Lipinski definition) is 4. The molecule has 0 saturated carbocycles. The molecule has 1 aromatic carbocycles. The van der Waals surface area contributed by atoms with Crippen molar-refractivity contribution in [2.75, 3.05) is 31.1 Å². The second-order valence-corrected chi connectivity index (χ2v) is 6.35. The van der Waals surface area contributed by atoms with Gasteiger partial charge in [0.1, 0.15) is 12.4 Å². The number of halogens is 1. The lowest BCUT2D eigenvalue weighted by molar-refractivity contribution is 0.0723. The minimum absolute atomic E-state index is 0.0124. The van der Waals surface area contributed by atoms with Gasteiger partial charge in [-0.25, -0.2) is 9.37 Å². The van der Waals surface area contributed by atoms with E-state index < -0.39 is 0 Å². The van der Waals surface area contributed by atoms with E-state index in [1.165, 1.54) is 12.5 Å². The van der Waals surface area contributed by atoms with Gasteiger partial charge in [0.2, 0.25) is 0 Å². The molecule has 130 valence electrons. The second-order valence-electron chi connectivity index (χ2n) is 6.35. The summed E-state index contributed by atoms with van der Waals surface area (Å²) >= 11 is 0. The van der Waals surface area contributed by atoms with Crippen LogP contribution < -0.4 is 9.64 Å². The van der Waals surface area contributed by atoms with Crippen LogP contribution in [-0.2, 0) is 0 Å². The van der Waals surface area contributed by atoms with Gasteiger partial charge in [-0.15, -0.1) is 0 Å². The number of amides is 1. The summed E-state index contributed by atoms with van der Waals surface area (Å²) < 4.78 is 19.8. The molecule has 0 N–H and O–H groups in total. The summed E-state index contributed by atoms with van der Waals surface area (Å²) in [5.41, 5.74) is 0.991. The minimum atomic E-state index is -0.300. The molecule has 4 rings (SSSR count). The third kappa shape index (κ3) is 3.04. The van der Waals surface area contributed by atoms with Crippen molar-refractivity contribution in [3.8, 4) is 5.75 Å². The first kappa shape index (κ1) is 15.9. The molecule has 0 unspecified atom stereocenters. The molecular formula is C19H20FN3O2.